The molecular weight excluding hydrogens is 306 g/mol. The fourth-order valence-electron chi connectivity index (χ4n) is 2.74. The van der Waals surface area contributed by atoms with E-state index in [9.17, 15) is 9.59 Å². The highest BCUT2D eigenvalue weighted by atomic mass is 79.9. The van der Waals surface area contributed by atoms with Crippen molar-refractivity contribution in [1.82, 2.24) is 0 Å². The molecule has 100 valence electrons. The Morgan fingerprint density at radius 2 is 2.11 bits per heavy atom. The second-order valence-electron chi connectivity index (χ2n) is 5.44. The van der Waals surface area contributed by atoms with E-state index in [0.717, 1.165) is 36.1 Å². The normalized spacial score (nSPS) is 21.4. The molecule has 3 rings (SSSR count). The van der Waals surface area contributed by atoms with Gasteiger partial charge in [0.05, 0.1) is 5.33 Å². The quantitative estimate of drug-likeness (QED) is 0.634. The monoisotopic (exact) mass is 321 g/mol. The van der Waals surface area contributed by atoms with Crippen LogP contribution in [0.3, 0.4) is 0 Å². The van der Waals surface area contributed by atoms with Crippen molar-refractivity contribution in [1.29, 1.82) is 0 Å². The predicted octanol–water partition coefficient (Wildman–Crippen LogP) is 2.95. The Labute approximate surface area is 121 Å². The van der Waals surface area contributed by atoms with Gasteiger partial charge in [-0.1, -0.05) is 15.9 Å². The van der Waals surface area contributed by atoms with Gasteiger partial charge in [0.1, 0.15) is 0 Å². The number of Topliss-reactive ketones (excluding diaryl/α,β-unsaturated/α-hetero) is 1. The summed E-state index contributed by atoms with van der Waals surface area (Å²) in [4.78, 5) is 25.9. The molecule has 2 aliphatic rings. The van der Waals surface area contributed by atoms with Crippen LogP contribution >= 0.6 is 15.9 Å². The van der Waals surface area contributed by atoms with Crippen LogP contribution in [0.5, 0.6) is 0 Å². The van der Waals surface area contributed by atoms with Crippen LogP contribution in [0.15, 0.2) is 18.2 Å². The number of nitrogens with zero attached hydrogens (tertiary/aromatic N) is 1. The van der Waals surface area contributed by atoms with E-state index in [1.54, 1.807) is 0 Å². The first-order valence-electron chi connectivity index (χ1n) is 6.67. The molecule has 1 amide bonds. The zero-order valence-electron chi connectivity index (χ0n) is 10.9. The molecular formula is C15H16BrNO2. The van der Waals surface area contributed by atoms with E-state index in [4.69, 9.17) is 0 Å². The van der Waals surface area contributed by atoms with Gasteiger partial charge in [-0.3, -0.25) is 9.59 Å². The van der Waals surface area contributed by atoms with E-state index in [1.165, 1.54) is 0 Å². The Balaban J connectivity index is 1.93. The standard InChI is InChI=1S/C15H16BrNO2/c1-9-6-12-7-11(14(18)8-16)4-5-13(12)17(9)15(19)10-2-3-10/h4-5,7,9-10H,2-3,6,8H2,1H3. The number of carbonyl (C=O) groups is 2. The lowest BCUT2D eigenvalue weighted by molar-refractivity contribution is -0.120. The minimum Gasteiger partial charge on any atom is -0.309 e. The van der Waals surface area contributed by atoms with Gasteiger partial charge in [0.2, 0.25) is 5.91 Å². The molecule has 0 spiro atoms. The fourth-order valence-corrected chi connectivity index (χ4v) is 3.07. The molecule has 0 N–H and O–H groups in total. The zero-order valence-corrected chi connectivity index (χ0v) is 12.4. The third-order valence-corrected chi connectivity index (χ3v) is 4.41. The van der Waals surface area contributed by atoms with Gasteiger partial charge in [0.15, 0.2) is 5.78 Å². The lowest BCUT2D eigenvalue weighted by atomic mass is 10.1. The summed E-state index contributed by atoms with van der Waals surface area (Å²) in [5.41, 5.74) is 2.84. The summed E-state index contributed by atoms with van der Waals surface area (Å²) in [6.45, 7) is 2.08. The number of alkyl halides is 1. The zero-order chi connectivity index (χ0) is 13.6. The van der Waals surface area contributed by atoms with Crippen LogP contribution in [0, 0.1) is 5.92 Å². The number of carbonyl (C=O) groups excluding carboxylic acids is 2. The molecule has 0 aromatic heterocycles. The smallest absolute Gasteiger partial charge is 0.230 e. The van der Waals surface area contributed by atoms with Crippen molar-refractivity contribution in [3.63, 3.8) is 0 Å². The molecule has 1 heterocycles. The molecule has 1 fully saturated rings. The Bertz CT molecular complexity index is 551. The molecule has 0 radical (unpaired) electrons. The van der Waals surface area contributed by atoms with Crippen molar-refractivity contribution in [3.8, 4) is 0 Å². The summed E-state index contributed by atoms with van der Waals surface area (Å²) in [6, 6.07) is 5.90. The van der Waals surface area contributed by atoms with Gasteiger partial charge in [-0.15, -0.1) is 0 Å². The summed E-state index contributed by atoms with van der Waals surface area (Å²) in [7, 11) is 0. The maximum Gasteiger partial charge on any atom is 0.230 e. The van der Waals surface area contributed by atoms with Gasteiger partial charge >= 0.3 is 0 Å². The highest BCUT2D eigenvalue weighted by Gasteiger charge is 2.39. The number of anilines is 1. The van der Waals surface area contributed by atoms with E-state index >= 15 is 0 Å². The van der Waals surface area contributed by atoms with Gasteiger partial charge in [-0.25, -0.2) is 0 Å². The number of hydrogen-bond acceptors (Lipinski definition) is 2. The van der Waals surface area contributed by atoms with E-state index in [0.29, 0.717) is 5.33 Å². The van der Waals surface area contributed by atoms with Crippen molar-refractivity contribution >= 4 is 33.3 Å². The molecule has 1 aromatic rings. The van der Waals surface area contributed by atoms with Gasteiger partial charge in [-0.05, 0) is 49.9 Å². The SMILES string of the molecule is CC1Cc2cc(C(=O)CBr)ccc2N1C(=O)C1CC1. The first-order valence-corrected chi connectivity index (χ1v) is 7.79. The van der Waals surface area contributed by atoms with E-state index < -0.39 is 0 Å². The molecule has 0 bridgehead atoms. The van der Waals surface area contributed by atoms with Crippen molar-refractivity contribution in [2.24, 2.45) is 5.92 Å². The molecule has 1 aliphatic carbocycles. The minimum absolute atomic E-state index is 0.0856. The third kappa shape index (κ3) is 2.22. The Morgan fingerprint density at radius 3 is 2.74 bits per heavy atom. The largest absolute Gasteiger partial charge is 0.309 e. The number of benzene rings is 1. The summed E-state index contributed by atoms with van der Waals surface area (Å²) in [5, 5.41) is 0.339. The summed E-state index contributed by atoms with van der Waals surface area (Å²) in [6.07, 6.45) is 2.90. The highest BCUT2D eigenvalue weighted by molar-refractivity contribution is 9.09. The van der Waals surface area contributed by atoms with E-state index in [-0.39, 0.29) is 23.7 Å². The molecule has 1 saturated carbocycles. The molecule has 1 aromatic carbocycles. The van der Waals surface area contributed by atoms with Crippen LogP contribution in [-0.4, -0.2) is 23.1 Å². The van der Waals surface area contributed by atoms with Crippen LogP contribution < -0.4 is 4.90 Å². The van der Waals surface area contributed by atoms with Gasteiger partial charge in [-0.2, -0.15) is 0 Å². The van der Waals surface area contributed by atoms with Crippen molar-refractivity contribution in [2.75, 3.05) is 10.2 Å². The van der Waals surface area contributed by atoms with Crippen molar-refractivity contribution in [3.05, 3.63) is 29.3 Å². The minimum atomic E-state index is 0.0856. The number of ketones is 1. The highest BCUT2D eigenvalue weighted by Crippen LogP contribution is 2.39. The molecule has 1 unspecified atom stereocenters. The topological polar surface area (TPSA) is 37.4 Å². The first kappa shape index (κ1) is 12.9. The molecule has 1 atom stereocenters. The Hall–Kier alpha value is -1.16. The first-order chi connectivity index (χ1) is 9.11. The molecule has 3 nitrogen and oxygen atoms in total. The second kappa shape index (κ2) is 4.75. The maximum absolute atomic E-state index is 12.3. The lowest BCUT2D eigenvalue weighted by Gasteiger charge is -2.22. The predicted molar refractivity (Wildman–Crippen MR) is 77.9 cm³/mol. The number of rotatable bonds is 3. The maximum atomic E-state index is 12.3. The van der Waals surface area contributed by atoms with Gasteiger partial charge in [0.25, 0.3) is 0 Å². The molecule has 1 aliphatic heterocycles. The fraction of sp³-hybridized carbons (Fsp3) is 0.467. The van der Waals surface area contributed by atoms with E-state index in [2.05, 4.69) is 22.9 Å². The lowest BCUT2D eigenvalue weighted by Crippen LogP contribution is -2.36. The average molecular weight is 322 g/mol. The van der Waals surface area contributed by atoms with Crippen molar-refractivity contribution in [2.45, 2.75) is 32.2 Å². The number of halogens is 1. The van der Waals surface area contributed by atoms with Crippen LogP contribution in [-0.2, 0) is 11.2 Å². The summed E-state index contributed by atoms with van der Waals surface area (Å²) in [5.74, 6) is 0.575. The summed E-state index contributed by atoms with van der Waals surface area (Å²) < 4.78 is 0. The number of fused-ring (bicyclic) bond motifs is 1. The number of hydrogen-bond donors (Lipinski definition) is 0. The van der Waals surface area contributed by atoms with Crippen molar-refractivity contribution < 1.29 is 9.59 Å². The molecule has 19 heavy (non-hydrogen) atoms. The Kier molecular flexibility index (Phi) is 3.21. The van der Waals surface area contributed by atoms with Crippen LogP contribution in [0.2, 0.25) is 0 Å². The van der Waals surface area contributed by atoms with Gasteiger partial charge < -0.3 is 4.90 Å². The second-order valence-corrected chi connectivity index (χ2v) is 6.00. The van der Waals surface area contributed by atoms with Crippen LogP contribution in [0.1, 0.15) is 35.7 Å². The number of amides is 1. The summed E-state index contributed by atoms with van der Waals surface area (Å²) >= 11 is 3.19. The van der Waals surface area contributed by atoms with Crippen LogP contribution in [0.25, 0.3) is 0 Å². The molecule has 0 saturated heterocycles. The van der Waals surface area contributed by atoms with Crippen LogP contribution in [0.4, 0.5) is 5.69 Å². The Morgan fingerprint density at radius 1 is 1.37 bits per heavy atom. The molecule has 4 heteroatoms. The van der Waals surface area contributed by atoms with Gasteiger partial charge in [0, 0.05) is 23.2 Å². The third-order valence-electron chi connectivity index (χ3n) is 3.90. The average Bonchev–Trinajstić information content (AvgIpc) is 3.19. The van der Waals surface area contributed by atoms with E-state index in [1.807, 2.05) is 23.1 Å².